The molecule has 1 aliphatic rings. The van der Waals surface area contributed by atoms with E-state index in [1.807, 2.05) is 0 Å². The van der Waals surface area contributed by atoms with Crippen LogP contribution in [-0.2, 0) is 0 Å². The van der Waals surface area contributed by atoms with E-state index in [2.05, 4.69) is 71.0 Å². The van der Waals surface area contributed by atoms with Crippen LogP contribution in [0.2, 0.25) is 0 Å². The monoisotopic (exact) mass is 282 g/mol. The number of hydrogen-bond donors (Lipinski definition) is 0. The summed E-state index contributed by atoms with van der Waals surface area (Å²) in [5.41, 5.74) is 6.02. The van der Waals surface area contributed by atoms with E-state index in [-0.39, 0.29) is 0 Å². The zero-order chi connectivity index (χ0) is 15.4. The summed E-state index contributed by atoms with van der Waals surface area (Å²) < 4.78 is 0. The second-order valence-electron chi connectivity index (χ2n) is 6.61. The van der Waals surface area contributed by atoms with Gasteiger partial charge in [0, 0.05) is 5.92 Å². The molecule has 0 nitrogen and oxygen atoms in total. The van der Waals surface area contributed by atoms with Crippen molar-refractivity contribution < 1.29 is 0 Å². The van der Waals surface area contributed by atoms with E-state index < -0.39 is 0 Å². The van der Waals surface area contributed by atoms with Crippen molar-refractivity contribution >= 4 is 5.57 Å². The molecule has 1 aromatic rings. The molecule has 1 aromatic carbocycles. The van der Waals surface area contributed by atoms with Gasteiger partial charge in [0.05, 0.1) is 0 Å². The van der Waals surface area contributed by atoms with Gasteiger partial charge in [0.25, 0.3) is 0 Å². The summed E-state index contributed by atoms with van der Waals surface area (Å²) in [7, 11) is 0. The molecule has 0 saturated heterocycles. The van der Waals surface area contributed by atoms with Crippen LogP contribution in [0, 0.1) is 11.8 Å². The van der Waals surface area contributed by atoms with Gasteiger partial charge in [-0.1, -0.05) is 76.6 Å². The molecule has 0 fully saturated rings. The van der Waals surface area contributed by atoms with Gasteiger partial charge < -0.3 is 0 Å². The van der Waals surface area contributed by atoms with Crippen LogP contribution in [0.15, 0.2) is 42.0 Å². The van der Waals surface area contributed by atoms with E-state index in [9.17, 15) is 0 Å². The Bertz CT molecular complexity index is 513. The highest BCUT2D eigenvalue weighted by atomic mass is 14.3. The van der Waals surface area contributed by atoms with Crippen molar-refractivity contribution in [2.45, 2.75) is 59.8 Å². The maximum Gasteiger partial charge on any atom is 0.00254 e. The molecule has 2 atom stereocenters. The van der Waals surface area contributed by atoms with E-state index in [1.165, 1.54) is 29.5 Å². The second-order valence-corrected chi connectivity index (χ2v) is 6.61. The molecule has 0 bridgehead atoms. The Labute approximate surface area is 131 Å². The largest absolute Gasteiger partial charge is 0.0847 e. The van der Waals surface area contributed by atoms with Crippen molar-refractivity contribution in [1.82, 2.24) is 0 Å². The molecule has 114 valence electrons. The Balaban J connectivity index is 2.31. The average molecular weight is 282 g/mol. The Morgan fingerprint density at radius 1 is 1.14 bits per heavy atom. The highest BCUT2D eigenvalue weighted by molar-refractivity contribution is 5.71. The third-order valence-electron chi connectivity index (χ3n) is 4.90. The summed E-state index contributed by atoms with van der Waals surface area (Å²) in [4.78, 5) is 0. The van der Waals surface area contributed by atoms with Crippen LogP contribution in [0.5, 0.6) is 0 Å². The lowest BCUT2D eigenvalue weighted by Gasteiger charge is -2.31. The van der Waals surface area contributed by atoms with E-state index in [0.717, 1.165) is 12.3 Å². The molecule has 0 heterocycles. The van der Waals surface area contributed by atoms with Gasteiger partial charge in [0.2, 0.25) is 0 Å². The van der Waals surface area contributed by atoms with Crippen molar-refractivity contribution in [1.29, 1.82) is 0 Å². The molecule has 1 aliphatic carbocycles. The number of allylic oxidation sites excluding steroid dienone is 4. The Morgan fingerprint density at radius 3 is 2.33 bits per heavy atom. The minimum atomic E-state index is 0.563. The van der Waals surface area contributed by atoms with Crippen molar-refractivity contribution in [3.05, 3.63) is 53.1 Å². The maximum absolute atomic E-state index is 2.48. The summed E-state index contributed by atoms with van der Waals surface area (Å²) >= 11 is 0. The van der Waals surface area contributed by atoms with Crippen LogP contribution < -0.4 is 0 Å². The predicted octanol–water partition coefficient (Wildman–Crippen LogP) is 6.60. The van der Waals surface area contributed by atoms with Crippen LogP contribution in [0.25, 0.3) is 5.57 Å². The molecule has 2 unspecified atom stereocenters. The quantitative estimate of drug-likeness (QED) is 0.546. The minimum Gasteiger partial charge on any atom is -0.0847 e. The third-order valence-corrected chi connectivity index (χ3v) is 4.90. The molecular weight excluding hydrogens is 252 g/mol. The fourth-order valence-corrected chi connectivity index (χ4v) is 3.53. The zero-order valence-corrected chi connectivity index (χ0v) is 14.3. The summed E-state index contributed by atoms with van der Waals surface area (Å²) in [6.07, 6.45) is 8.56. The van der Waals surface area contributed by atoms with E-state index in [0.29, 0.717) is 11.8 Å². The molecule has 0 saturated carbocycles. The van der Waals surface area contributed by atoms with Crippen LogP contribution in [0.1, 0.15) is 70.9 Å². The van der Waals surface area contributed by atoms with E-state index in [4.69, 9.17) is 0 Å². The molecule has 0 amide bonds. The van der Waals surface area contributed by atoms with Crippen LogP contribution >= 0.6 is 0 Å². The van der Waals surface area contributed by atoms with Crippen molar-refractivity contribution in [2.75, 3.05) is 0 Å². The van der Waals surface area contributed by atoms with Crippen LogP contribution in [-0.4, -0.2) is 0 Å². The highest BCUT2D eigenvalue weighted by Crippen LogP contribution is 2.40. The van der Waals surface area contributed by atoms with Gasteiger partial charge in [-0.3, -0.25) is 0 Å². The van der Waals surface area contributed by atoms with Gasteiger partial charge in [-0.15, -0.1) is 0 Å². The van der Waals surface area contributed by atoms with Gasteiger partial charge in [0.15, 0.2) is 0 Å². The number of benzene rings is 1. The summed E-state index contributed by atoms with van der Waals surface area (Å²) in [6, 6.07) is 9.21. The van der Waals surface area contributed by atoms with E-state index in [1.54, 1.807) is 5.57 Å². The third kappa shape index (κ3) is 3.48. The lowest BCUT2D eigenvalue weighted by Crippen LogP contribution is -2.17. The van der Waals surface area contributed by atoms with Crippen molar-refractivity contribution in [3.63, 3.8) is 0 Å². The Morgan fingerprint density at radius 2 is 1.81 bits per heavy atom. The van der Waals surface area contributed by atoms with Gasteiger partial charge in [0.1, 0.15) is 0 Å². The summed E-state index contributed by atoms with van der Waals surface area (Å²) in [5.74, 6) is 1.92. The average Bonchev–Trinajstić information content (AvgIpc) is 2.49. The first kappa shape index (κ1) is 16.1. The van der Waals surface area contributed by atoms with Gasteiger partial charge in [-0.25, -0.2) is 0 Å². The molecule has 0 N–H and O–H groups in total. The fraction of sp³-hybridized carbons (Fsp3) is 0.524. The molecule has 0 radical (unpaired) electrons. The van der Waals surface area contributed by atoms with Crippen molar-refractivity contribution in [2.24, 2.45) is 11.8 Å². The Hall–Kier alpha value is -1.30. The molecule has 0 heteroatoms. The first-order valence-corrected chi connectivity index (χ1v) is 8.58. The maximum atomic E-state index is 2.48. The number of rotatable bonds is 4. The van der Waals surface area contributed by atoms with Crippen molar-refractivity contribution in [3.8, 4) is 0 Å². The van der Waals surface area contributed by atoms with Gasteiger partial charge in [-0.2, -0.15) is 0 Å². The molecule has 21 heavy (non-hydrogen) atoms. The Kier molecular flexibility index (Phi) is 5.45. The molecular formula is C21H30. The summed E-state index contributed by atoms with van der Waals surface area (Å²) in [5, 5.41) is 0. The summed E-state index contributed by atoms with van der Waals surface area (Å²) in [6.45, 7) is 11.5. The normalized spacial score (nSPS) is 24.5. The lowest BCUT2D eigenvalue weighted by molar-refractivity contribution is 0.535. The van der Waals surface area contributed by atoms with Gasteiger partial charge >= 0.3 is 0 Å². The first-order chi connectivity index (χ1) is 10.1. The second kappa shape index (κ2) is 7.11. The van der Waals surface area contributed by atoms with Gasteiger partial charge in [-0.05, 0) is 47.8 Å². The SMILES string of the molecule is CC/C=C1\C(CC)CC=C(c2ccc(C(C)C)cc2)C1C. The molecule has 0 aliphatic heterocycles. The lowest BCUT2D eigenvalue weighted by atomic mass is 9.74. The molecule has 0 aromatic heterocycles. The zero-order valence-electron chi connectivity index (χ0n) is 14.3. The first-order valence-electron chi connectivity index (χ1n) is 8.58. The van der Waals surface area contributed by atoms with E-state index >= 15 is 0 Å². The fourth-order valence-electron chi connectivity index (χ4n) is 3.53. The molecule has 0 spiro atoms. The minimum absolute atomic E-state index is 0.563. The smallest absolute Gasteiger partial charge is 0.00254 e. The molecule has 2 rings (SSSR count). The predicted molar refractivity (Wildman–Crippen MR) is 94.4 cm³/mol. The number of hydrogen-bond acceptors (Lipinski definition) is 0. The highest BCUT2D eigenvalue weighted by Gasteiger charge is 2.25. The van der Waals surface area contributed by atoms with Crippen LogP contribution in [0.4, 0.5) is 0 Å². The topological polar surface area (TPSA) is 0 Å². The standard InChI is InChI=1S/C21H30/c1-6-8-20-16(5)21(14-13-17(20)7-2)19-11-9-18(10-12-19)15(3)4/h8-12,14-17H,6-7,13H2,1-5H3/b20-8-. The van der Waals surface area contributed by atoms with Crippen LogP contribution in [0.3, 0.4) is 0 Å².